The van der Waals surface area contributed by atoms with Crippen molar-refractivity contribution in [2.45, 2.75) is 56.9 Å². The summed E-state index contributed by atoms with van der Waals surface area (Å²) in [5, 5.41) is 0. The number of alkyl halides is 3. The third-order valence-electron chi connectivity index (χ3n) is 9.13. The van der Waals surface area contributed by atoms with Crippen LogP contribution in [-0.2, 0) is 6.42 Å². The van der Waals surface area contributed by atoms with Gasteiger partial charge in [-0.05, 0) is 68.2 Å². The molecule has 0 bridgehead atoms. The summed E-state index contributed by atoms with van der Waals surface area (Å²) in [6.07, 6.45) is -1.72. The van der Waals surface area contributed by atoms with E-state index in [4.69, 9.17) is 4.98 Å². The van der Waals surface area contributed by atoms with Crippen LogP contribution in [0.25, 0.3) is 11.0 Å². The van der Waals surface area contributed by atoms with Gasteiger partial charge in [0.2, 0.25) is 0 Å². The van der Waals surface area contributed by atoms with E-state index in [1.165, 1.54) is 13.0 Å². The monoisotopic (exact) mass is 565 g/mol. The number of para-hydroxylation sites is 2. The first-order valence-corrected chi connectivity index (χ1v) is 14.5. The van der Waals surface area contributed by atoms with Crippen molar-refractivity contribution in [3.63, 3.8) is 0 Å². The zero-order valence-corrected chi connectivity index (χ0v) is 23.8. The number of nitrogens with zero attached hydrogens (tertiary/aromatic N) is 4. The molecule has 3 heterocycles. The molecule has 41 heavy (non-hydrogen) atoms. The number of benzene rings is 3. The fraction of sp³-hybridized carbons (Fsp3) is 0.424. The quantitative estimate of drug-likeness (QED) is 0.178. The van der Waals surface area contributed by atoms with Gasteiger partial charge in [0.15, 0.2) is 6.30 Å². The van der Waals surface area contributed by atoms with Crippen LogP contribution in [0.5, 0.6) is 0 Å². The van der Waals surface area contributed by atoms with Crippen molar-refractivity contribution < 1.29 is 22.0 Å². The second kappa shape index (κ2) is 10.9. The number of likely N-dealkylation sites (tertiary alicyclic amines) is 1. The first kappa shape index (κ1) is 27.9. The van der Waals surface area contributed by atoms with Crippen molar-refractivity contribution in [1.82, 2.24) is 14.5 Å². The average molecular weight is 566 g/mol. The van der Waals surface area contributed by atoms with Gasteiger partial charge >= 0.3 is 0 Å². The molecule has 0 saturated carbocycles. The lowest BCUT2D eigenvalue weighted by Gasteiger charge is -2.43. The molecule has 4 nitrogen and oxygen atoms in total. The van der Waals surface area contributed by atoms with Gasteiger partial charge in [0.05, 0.1) is 37.7 Å². The van der Waals surface area contributed by atoms with Gasteiger partial charge in [-0.1, -0.05) is 42.5 Å². The SMILES string of the molecule is CC(F)n1c(C2CCN(C(c3ccc4c(c3)CC[N+](C)(C)C4c3cccc(F)c3)C(F)F)CC2)nc2ccccc21. The normalized spacial score (nSPS) is 21.2. The van der Waals surface area contributed by atoms with Crippen molar-refractivity contribution in [3.8, 4) is 0 Å². The third-order valence-corrected chi connectivity index (χ3v) is 9.13. The molecule has 6 rings (SSSR count). The van der Waals surface area contributed by atoms with Crippen molar-refractivity contribution in [1.29, 1.82) is 0 Å². The number of piperidine rings is 1. The lowest BCUT2D eigenvalue weighted by molar-refractivity contribution is -0.917. The van der Waals surface area contributed by atoms with Crippen molar-refractivity contribution >= 4 is 11.0 Å². The van der Waals surface area contributed by atoms with E-state index in [1.807, 2.05) is 53.4 Å². The van der Waals surface area contributed by atoms with E-state index in [1.54, 1.807) is 16.7 Å². The Morgan fingerprint density at radius 2 is 1.68 bits per heavy atom. The van der Waals surface area contributed by atoms with Crippen LogP contribution in [0.3, 0.4) is 0 Å². The number of likely N-dealkylation sites (N-methyl/N-ethyl adjacent to an activating group) is 1. The summed E-state index contributed by atoms with van der Waals surface area (Å²) >= 11 is 0. The van der Waals surface area contributed by atoms with Crippen molar-refractivity contribution in [2.75, 3.05) is 33.7 Å². The summed E-state index contributed by atoms with van der Waals surface area (Å²) in [5.41, 5.74) is 5.16. The zero-order chi connectivity index (χ0) is 28.9. The fourth-order valence-corrected chi connectivity index (χ4v) is 7.14. The molecule has 3 atom stereocenters. The number of imidazole rings is 1. The lowest BCUT2D eigenvalue weighted by atomic mass is 9.84. The topological polar surface area (TPSA) is 21.1 Å². The minimum absolute atomic E-state index is 0.00531. The largest absolute Gasteiger partial charge is 0.318 e. The molecule has 1 saturated heterocycles. The summed E-state index contributed by atoms with van der Waals surface area (Å²) in [6, 6.07) is 18.9. The Kier molecular flexibility index (Phi) is 7.41. The highest BCUT2D eigenvalue weighted by Crippen LogP contribution is 2.42. The van der Waals surface area contributed by atoms with Crippen LogP contribution < -0.4 is 0 Å². The molecule has 1 fully saturated rings. The van der Waals surface area contributed by atoms with Crippen LogP contribution in [0.4, 0.5) is 17.6 Å². The van der Waals surface area contributed by atoms with Gasteiger partial charge in [-0.2, -0.15) is 0 Å². The van der Waals surface area contributed by atoms with E-state index < -0.39 is 18.8 Å². The Labute approximate surface area is 238 Å². The maximum absolute atomic E-state index is 14.7. The molecular formula is C33H37F4N4+. The smallest absolute Gasteiger partial charge is 0.258 e. The predicted molar refractivity (Wildman–Crippen MR) is 153 cm³/mol. The second-order valence-corrected chi connectivity index (χ2v) is 12.2. The molecule has 0 N–H and O–H groups in total. The minimum Gasteiger partial charge on any atom is -0.318 e. The average Bonchev–Trinajstić information content (AvgIpc) is 3.33. The summed E-state index contributed by atoms with van der Waals surface area (Å²) < 4.78 is 60.5. The van der Waals surface area contributed by atoms with Gasteiger partial charge in [-0.25, -0.2) is 22.5 Å². The number of quaternary nitrogens is 1. The molecule has 1 aromatic heterocycles. The second-order valence-electron chi connectivity index (χ2n) is 12.2. The number of hydrogen-bond donors (Lipinski definition) is 0. The fourth-order valence-electron chi connectivity index (χ4n) is 7.14. The van der Waals surface area contributed by atoms with Gasteiger partial charge < -0.3 is 4.48 Å². The molecule has 4 aromatic rings. The maximum Gasteiger partial charge on any atom is 0.258 e. The standard InChI is InChI=1S/C33H37F4N4/c1-21(34)40-29-10-5-4-9-28(29)38-33(40)22-13-16-39(17-14-22)30(32(36)37)24-11-12-27-23(19-24)15-18-41(2,3)31(27)25-7-6-8-26(35)20-25/h4-12,19-22,30-32H,13-18H2,1-3H3/q+1. The Morgan fingerprint density at radius 1 is 0.927 bits per heavy atom. The van der Waals surface area contributed by atoms with Crippen LogP contribution in [0.1, 0.15) is 72.1 Å². The van der Waals surface area contributed by atoms with Crippen LogP contribution in [-0.4, -0.2) is 59.1 Å². The molecule has 3 unspecified atom stereocenters. The molecule has 2 aliphatic heterocycles. The predicted octanol–water partition coefficient (Wildman–Crippen LogP) is 7.57. The van der Waals surface area contributed by atoms with Gasteiger partial charge in [0.1, 0.15) is 17.7 Å². The summed E-state index contributed by atoms with van der Waals surface area (Å²) in [5.74, 6) is 0.432. The maximum atomic E-state index is 14.7. The molecule has 0 spiro atoms. The number of fused-ring (bicyclic) bond motifs is 2. The van der Waals surface area contributed by atoms with Crippen LogP contribution in [0, 0.1) is 5.82 Å². The number of hydrogen-bond acceptors (Lipinski definition) is 2. The van der Waals surface area contributed by atoms with E-state index in [0.29, 0.717) is 41.8 Å². The summed E-state index contributed by atoms with van der Waals surface area (Å²) in [6.45, 7) is 3.30. The zero-order valence-electron chi connectivity index (χ0n) is 23.8. The third kappa shape index (κ3) is 5.17. The highest BCUT2D eigenvalue weighted by atomic mass is 19.3. The Bertz CT molecular complexity index is 1540. The van der Waals surface area contributed by atoms with Gasteiger partial charge in [0, 0.05) is 23.5 Å². The van der Waals surface area contributed by atoms with E-state index >= 15 is 0 Å². The van der Waals surface area contributed by atoms with Crippen LogP contribution >= 0.6 is 0 Å². The molecular weight excluding hydrogens is 528 g/mol. The summed E-state index contributed by atoms with van der Waals surface area (Å²) in [7, 11) is 4.27. The Morgan fingerprint density at radius 3 is 2.39 bits per heavy atom. The van der Waals surface area contributed by atoms with Crippen molar-refractivity contribution in [2.24, 2.45) is 0 Å². The molecule has 0 aliphatic carbocycles. The van der Waals surface area contributed by atoms with Gasteiger partial charge in [-0.15, -0.1) is 0 Å². The van der Waals surface area contributed by atoms with Gasteiger partial charge in [0.25, 0.3) is 6.43 Å². The number of halogens is 4. The first-order valence-electron chi connectivity index (χ1n) is 14.5. The highest BCUT2D eigenvalue weighted by Gasteiger charge is 2.39. The molecule has 2 aliphatic rings. The van der Waals surface area contributed by atoms with Crippen LogP contribution in [0.2, 0.25) is 0 Å². The van der Waals surface area contributed by atoms with E-state index in [-0.39, 0.29) is 17.8 Å². The molecule has 0 radical (unpaired) electrons. The van der Waals surface area contributed by atoms with E-state index in [9.17, 15) is 17.6 Å². The van der Waals surface area contributed by atoms with Gasteiger partial charge in [-0.3, -0.25) is 9.47 Å². The van der Waals surface area contributed by atoms with Crippen LogP contribution in [0.15, 0.2) is 66.7 Å². The Hall–Kier alpha value is -3.23. The Balaban J connectivity index is 1.26. The highest BCUT2D eigenvalue weighted by molar-refractivity contribution is 5.76. The molecule has 0 amide bonds. The number of rotatable bonds is 6. The van der Waals surface area contributed by atoms with E-state index in [0.717, 1.165) is 40.7 Å². The molecule has 216 valence electrons. The molecule has 8 heteroatoms. The molecule has 3 aromatic carbocycles. The summed E-state index contributed by atoms with van der Waals surface area (Å²) in [4.78, 5) is 6.63. The first-order chi connectivity index (χ1) is 19.6. The number of aromatic nitrogens is 2. The minimum atomic E-state index is -2.55. The van der Waals surface area contributed by atoms with Crippen molar-refractivity contribution in [3.05, 3.63) is 101 Å². The lowest BCUT2D eigenvalue weighted by Crippen LogP contribution is -2.48. The van der Waals surface area contributed by atoms with E-state index in [2.05, 4.69) is 14.1 Å².